The fourth-order valence-corrected chi connectivity index (χ4v) is 2.35. The van der Waals surface area contributed by atoms with Crippen LogP contribution >= 0.6 is 0 Å². The standard InChI is InChI=1S/C17H29NO2/c1-6-7-8-9-10-14(3)18-15-12-17(20-5)16(19-4)11-13(15)2/h11-12,14,18H,6-10H2,1-5H3. The van der Waals surface area contributed by atoms with Crippen molar-refractivity contribution in [1.82, 2.24) is 0 Å². The molecular weight excluding hydrogens is 250 g/mol. The van der Waals surface area contributed by atoms with Gasteiger partial charge in [-0.1, -0.05) is 32.6 Å². The topological polar surface area (TPSA) is 30.5 Å². The van der Waals surface area contributed by atoms with Crippen LogP contribution in [0.3, 0.4) is 0 Å². The van der Waals surface area contributed by atoms with Crippen molar-refractivity contribution >= 4 is 5.69 Å². The molecule has 1 aromatic rings. The van der Waals surface area contributed by atoms with E-state index in [9.17, 15) is 0 Å². The van der Waals surface area contributed by atoms with Crippen LogP contribution in [-0.4, -0.2) is 20.3 Å². The van der Waals surface area contributed by atoms with Gasteiger partial charge in [0.15, 0.2) is 11.5 Å². The van der Waals surface area contributed by atoms with E-state index in [0.717, 1.165) is 17.2 Å². The third-order valence-electron chi connectivity index (χ3n) is 3.62. The van der Waals surface area contributed by atoms with Crippen molar-refractivity contribution in [2.45, 2.75) is 58.9 Å². The van der Waals surface area contributed by atoms with Crippen LogP contribution in [0.4, 0.5) is 5.69 Å². The number of ether oxygens (including phenoxy) is 2. The monoisotopic (exact) mass is 279 g/mol. The van der Waals surface area contributed by atoms with E-state index in [-0.39, 0.29) is 0 Å². The van der Waals surface area contributed by atoms with Gasteiger partial charge < -0.3 is 14.8 Å². The Morgan fingerprint density at radius 2 is 1.70 bits per heavy atom. The molecule has 0 aliphatic heterocycles. The second-order valence-corrected chi connectivity index (χ2v) is 5.42. The van der Waals surface area contributed by atoms with Gasteiger partial charge in [-0.25, -0.2) is 0 Å². The van der Waals surface area contributed by atoms with Gasteiger partial charge in [0.25, 0.3) is 0 Å². The van der Waals surface area contributed by atoms with Crippen molar-refractivity contribution in [2.24, 2.45) is 0 Å². The molecule has 0 heterocycles. The first-order chi connectivity index (χ1) is 9.62. The molecule has 1 aromatic carbocycles. The summed E-state index contributed by atoms with van der Waals surface area (Å²) in [5.41, 5.74) is 2.31. The van der Waals surface area contributed by atoms with Gasteiger partial charge in [0.05, 0.1) is 14.2 Å². The molecule has 0 aliphatic carbocycles. The van der Waals surface area contributed by atoms with E-state index in [1.165, 1.54) is 37.7 Å². The summed E-state index contributed by atoms with van der Waals surface area (Å²) in [4.78, 5) is 0. The Kier molecular flexibility index (Phi) is 7.27. The Hall–Kier alpha value is -1.38. The predicted octanol–water partition coefficient (Wildman–Crippen LogP) is 4.78. The van der Waals surface area contributed by atoms with E-state index < -0.39 is 0 Å². The lowest BCUT2D eigenvalue weighted by atomic mass is 10.1. The molecule has 3 heteroatoms. The van der Waals surface area contributed by atoms with Crippen LogP contribution in [0.5, 0.6) is 11.5 Å². The molecular formula is C17H29NO2. The van der Waals surface area contributed by atoms with Crippen molar-refractivity contribution in [3.8, 4) is 11.5 Å². The first-order valence-electron chi connectivity index (χ1n) is 7.61. The van der Waals surface area contributed by atoms with Crippen molar-refractivity contribution in [1.29, 1.82) is 0 Å². The summed E-state index contributed by atoms with van der Waals surface area (Å²) >= 11 is 0. The van der Waals surface area contributed by atoms with Gasteiger partial charge in [-0.05, 0) is 31.9 Å². The number of hydrogen-bond acceptors (Lipinski definition) is 3. The second-order valence-electron chi connectivity index (χ2n) is 5.42. The molecule has 114 valence electrons. The molecule has 3 nitrogen and oxygen atoms in total. The summed E-state index contributed by atoms with van der Waals surface area (Å²) in [7, 11) is 3.34. The zero-order valence-corrected chi connectivity index (χ0v) is 13.6. The van der Waals surface area contributed by atoms with Gasteiger partial charge >= 0.3 is 0 Å². The fourth-order valence-electron chi connectivity index (χ4n) is 2.35. The third-order valence-corrected chi connectivity index (χ3v) is 3.62. The van der Waals surface area contributed by atoms with Gasteiger partial charge in [-0.2, -0.15) is 0 Å². The largest absolute Gasteiger partial charge is 0.493 e. The summed E-state index contributed by atoms with van der Waals surface area (Å²) < 4.78 is 10.7. The average Bonchev–Trinajstić information content (AvgIpc) is 2.45. The van der Waals surface area contributed by atoms with Crippen molar-refractivity contribution < 1.29 is 9.47 Å². The SMILES string of the molecule is CCCCCCC(C)Nc1cc(OC)c(OC)cc1C. The molecule has 0 radical (unpaired) electrons. The van der Waals surface area contributed by atoms with Crippen LogP contribution in [0.25, 0.3) is 0 Å². The number of unbranched alkanes of at least 4 members (excludes halogenated alkanes) is 3. The lowest BCUT2D eigenvalue weighted by Crippen LogP contribution is -2.15. The lowest BCUT2D eigenvalue weighted by molar-refractivity contribution is 0.355. The Labute approximate surface area is 123 Å². The van der Waals surface area contributed by atoms with Gasteiger partial charge in [-0.3, -0.25) is 0 Å². The number of methoxy groups -OCH3 is 2. The molecule has 0 saturated carbocycles. The summed E-state index contributed by atoms with van der Waals surface area (Å²) in [5, 5.41) is 3.58. The molecule has 20 heavy (non-hydrogen) atoms. The van der Waals surface area contributed by atoms with Gasteiger partial charge in [0.1, 0.15) is 0 Å². The van der Waals surface area contributed by atoms with Gasteiger partial charge in [0, 0.05) is 17.8 Å². The Morgan fingerprint density at radius 1 is 1.05 bits per heavy atom. The predicted molar refractivity (Wildman–Crippen MR) is 86.1 cm³/mol. The lowest BCUT2D eigenvalue weighted by Gasteiger charge is -2.19. The minimum Gasteiger partial charge on any atom is -0.493 e. The number of aryl methyl sites for hydroxylation is 1. The van der Waals surface area contributed by atoms with Crippen molar-refractivity contribution in [3.05, 3.63) is 17.7 Å². The normalized spacial score (nSPS) is 12.1. The zero-order chi connectivity index (χ0) is 15.0. The maximum atomic E-state index is 5.36. The molecule has 0 aromatic heterocycles. The molecule has 1 N–H and O–H groups in total. The van der Waals surface area contributed by atoms with E-state index in [2.05, 4.69) is 26.1 Å². The van der Waals surface area contributed by atoms with Crippen LogP contribution in [0.1, 0.15) is 51.5 Å². The number of hydrogen-bond donors (Lipinski definition) is 1. The highest BCUT2D eigenvalue weighted by molar-refractivity contribution is 5.60. The quantitative estimate of drug-likeness (QED) is 0.660. The first-order valence-corrected chi connectivity index (χ1v) is 7.61. The molecule has 1 unspecified atom stereocenters. The molecule has 0 bridgehead atoms. The minimum absolute atomic E-state index is 0.476. The molecule has 1 rings (SSSR count). The van der Waals surface area contributed by atoms with Crippen molar-refractivity contribution in [2.75, 3.05) is 19.5 Å². The number of rotatable bonds is 9. The maximum absolute atomic E-state index is 5.36. The zero-order valence-electron chi connectivity index (χ0n) is 13.6. The first kappa shape index (κ1) is 16.7. The van der Waals surface area contributed by atoms with Crippen molar-refractivity contribution in [3.63, 3.8) is 0 Å². The van der Waals surface area contributed by atoms with Gasteiger partial charge in [-0.15, -0.1) is 0 Å². The number of anilines is 1. The minimum atomic E-state index is 0.476. The van der Waals surface area contributed by atoms with E-state index >= 15 is 0 Å². The third kappa shape index (κ3) is 4.95. The van der Waals surface area contributed by atoms with Crippen LogP contribution in [0.2, 0.25) is 0 Å². The number of benzene rings is 1. The smallest absolute Gasteiger partial charge is 0.162 e. The van der Waals surface area contributed by atoms with E-state index in [4.69, 9.17) is 9.47 Å². The Balaban J connectivity index is 2.62. The van der Waals surface area contributed by atoms with Crippen LogP contribution < -0.4 is 14.8 Å². The van der Waals surface area contributed by atoms with Crippen LogP contribution in [0.15, 0.2) is 12.1 Å². The summed E-state index contributed by atoms with van der Waals surface area (Å²) in [5.74, 6) is 1.56. The highest BCUT2D eigenvalue weighted by atomic mass is 16.5. The second kappa shape index (κ2) is 8.72. The molecule has 0 amide bonds. The molecule has 0 fully saturated rings. The molecule has 0 saturated heterocycles. The molecule has 0 aliphatic rings. The average molecular weight is 279 g/mol. The summed E-state index contributed by atoms with van der Waals surface area (Å²) in [6.45, 7) is 6.57. The summed E-state index contributed by atoms with van der Waals surface area (Å²) in [6, 6.07) is 4.52. The van der Waals surface area contributed by atoms with Crippen LogP contribution in [0, 0.1) is 6.92 Å². The number of nitrogens with one attached hydrogen (secondary N) is 1. The Morgan fingerprint density at radius 3 is 2.30 bits per heavy atom. The highest BCUT2D eigenvalue weighted by Gasteiger charge is 2.10. The van der Waals surface area contributed by atoms with Crippen LogP contribution in [-0.2, 0) is 0 Å². The molecule has 0 spiro atoms. The summed E-state index contributed by atoms with van der Waals surface area (Å²) in [6.07, 6.45) is 6.44. The van der Waals surface area contributed by atoms with E-state index in [1.54, 1.807) is 14.2 Å². The molecule has 1 atom stereocenters. The Bertz CT molecular complexity index is 404. The fraction of sp³-hybridized carbons (Fsp3) is 0.647. The van der Waals surface area contributed by atoms with E-state index in [0.29, 0.717) is 6.04 Å². The highest BCUT2D eigenvalue weighted by Crippen LogP contribution is 2.33. The van der Waals surface area contributed by atoms with Gasteiger partial charge in [0.2, 0.25) is 0 Å². The van der Waals surface area contributed by atoms with E-state index in [1.807, 2.05) is 12.1 Å². The maximum Gasteiger partial charge on any atom is 0.162 e.